The van der Waals surface area contributed by atoms with Crippen molar-refractivity contribution in [1.82, 2.24) is 0 Å². The fourth-order valence-electron chi connectivity index (χ4n) is 2.19. The molecule has 0 unspecified atom stereocenters. The predicted molar refractivity (Wildman–Crippen MR) is 101 cm³/mol. The number of hydrogen-bond donors (Lipinski definition) is 1. The SMILES string of the molecule is COc1cc(Br)c(O)c(/C=C2\SC(c3ccc(C)cc3)=NC2=O)c1. The van der Waals surface area contributed by atoms with Crippen molar-refractivity contribution in [2.75, 3.05) is 7.11 Å². The predicted octanol–water partition coefficient (Wildman–Crippen LogP) is 4.53. The van der Waals surface area contributed by atoms with Crippen LogP contribution in [-0.2, 0) is 4.79 Å². The van der Waals surface area contributed by atoms with Gasteiger partial charge < -0.3 is 9.84 Å². The number of benzene rings is 2. The fraction of sp³-hybridized carbons (Fsp3) is 0.111. The lowest BCUT2D eigenvalue weighted by Gasteiger charge is -2.07. The van der Waals surface area contributed by atoms with Crippen LogP contribution in [0.5, 0.6) is 11.5 Å². The quantitative estimate of drug-likeness (QED) is 0.764. The highest BCUT2D eigenvalue weighted by Crippen LogP contribution is 2.37. The van der Waals surface area contributed by atoms with Gasteiger partial charge in [0.05, 0.1) is 16.5 Å². The number of aliphatic imine (C=N–C) groups is 1. The molecular weight excluding hydrogens is 390 g/mol. The van der Waals surface area contributed by atoms with E-state index in [2.05, 4.69) is 20.9 Å². The average molecular weight is 404 g/mol. The Morgan fingerprint density at radius 2 is 1.96 bits per heavy atom. The van der Waals surface area contributed by atoms with E-state index in [-0.39, 0.29) is 11.7 Å². The molecule has 2 aromatic rings. The van der Waals surface area contributed by atoms with E-state index in [0.717, 1.165) is 11.1 Å². The van der Waals surface area contributed by atoms with Crippen LogP contribution < -0.4 is 4.74 Å². The molecule has 0 saturated heterocycles. The first-order valence-electron chi connectivity index (χ1n) is 7.14. The van der Waals surface area contributed by atoms with Crippen LogP contribution >= 0.6 is 27.7 Å². The third-order valence-electron chi connectivity index (χ3n) is 3.51. The largest absolute Gasteiger partial charge is 0.506 e. The number of rotatable bonds is 3. The lowest BCUT2D eigenvalue weighted by molar-refractivity contribution is -0.113. The Hall–Kier alpha value is -2.05. The number of ether oxygens (including phenoxy) is 1. The molecule has 1 amide bonds. The number of nitrogens with zero attached hydrogens (tertiary/aromatic N) is 1. The zero-order valence-corrected chi connectivity index (χ0v) is 15.4. The van der Waals surface area contributed by atoms with Gasteiger partial charge in [0, 0.05) is 11.1 Å². The molecule has 1 N–H and O–H groups in total. The van der Waals surface area contributed by atoms with Crippen molar-refractivity contribution in [3.8, 4) is 11.5 Å². The number of halogens is 1. The topological polar surface area (TPSA) is 58.9 Å². The Labute approximate surface area is 152 Å². The first-order chi connectivity index (χ1) is 11.5. The molecule has 0 fully saturated rings. The third kappa shape index (κ3) is 3.39. The molecule has 0 aliphatic carbocycles. The normalized spacial score (nSPS) is 15.7. The molecule has 1 heterocycles. The first kappa shape index (κ1) is 16.8. The monoisotopic (exact) mass is 403 g/mol. The second kappa shape index (κ2) is 6.83. The van der Waals surface area contributed by atoms with E-state index in [1.807, 2.05) is 31.2 Å². The van der Waals surface area contributed by atoms with Crippen LogP contribution in [0.4, 0.5) is 0 Å². The third-order valence-corrected chi connectivity index (χ3v) is 5.14. The van der Waals surface area contributed by atoms with Gasteiger partial charge in [0.25, 0.3) is 5.91 Å². The Kier molecular flexibility index (Phi) is 4.78. The van der Waals surface area contributed by atoms with Crippen LogP contribution in [0.2, 0.25) is 0 Å². The van der Waals surface area contributed by atoms with E-state index < -0.39 is 0 Å². The van der Waals surface area contributed by atoms with Gasteiger partial charge >= 0.3 is 0 Å². The summed E-state index contributed by atoms with van der Waals surface area (Å²) in [5.74, 6) is 0.330. The van der Waals surface area contributed by atoms with Gasteiger partial charge in [-0.2, -0.15) is 0 Å². The Morgan fingerprint density at radius 1 is 1.25 bits per heavy atom. The van der Waals surface area contributed by atoms with Gasteiger partial charge in [-0.15, -0.1) is 0 Å². The number of methoxy groups -OCH3 is 1. The minimum absolute atomic E-state index is 0.0560. The van der Waals surface area contributed by atoms with Gasteiger partial charge in [-0.05, 0) is 41.1 Å². The van der Waals surface area contributed by atoms with E-state index in [0.29, 0.717) is 25.7 Å². The molecular formula is C18H14BrNO3S. The maximum absolute atomic E-state index is 12.2. The molecule has 2 aromatic carbocycles. The summed E-state index contributed by atoms with van der Waals surface area (Å²) in [5.41, 5.74) is 2.55. The summed E-state index contributed by atoms with van der Waals surface area (Å²) >= 11 is 4.57. The molecule has 0 aromatic heterocycles. The van der Waals surface area contributed by atoms with Crippen molar-refractivity contribution in [2.24, 2.45) is 4.99 Å². The summed E-state index contributed by atoms with van der Waals surface area (Å²) in [7, 11) is 1.55. The van der Waals surface area contributed by atoms with E-state index in [4.69, 9.17) is 4.74 Å². The van der Waals surface area contributed by atoms with Crippen LogP contribution in [0.15, 0.2) is 50.8 Å². The van der Waals surface area contributed by atoms with Gasteiger partial charge in [-0.1, -0.05) is 41.6 Å². The molecule has 24 heavy (non-hydrogen) atoms. The summed E-state index contributed by atoms with van der Waals surface area (Å²) in [6, 6.07) is 11.2. The summed E-state index contributed by atoms with van der Waals surface area (Å²) in [6.45, 7) is 2.01. The molecule has 0 radical (unpaired) electrons. The highest BCUT2D eigenvalue weighted by molar-refractivity contribution is 9.10. The standard InChI is InChI=1S/C18H14BrNO3S/c1-10-3-5-11(6-4-10)18-20-17(22)15(24-18)8-12-7-13(23-2)9-14(19)16(12)21/h3-9,21H,1-2H3/b15-8-. The summed E-state index contributed by atoms with van der Waals surface area (Å²) < 4.78 is 5.70. The highest BCUT2D eigenvalue weighted by Gasteiger charge is 2.23. The number of phenols is 1. The van der Waals surface area contributed by atoms with Crippen molar-refractivity contribution < 1.29 is 14.6 Å². The maximum Gasteiger partial charge on any atom is 0.284 e. The van der Waals surface area contributed by atoms with Crippen molar-refractivity contribution in [3.05, 3.63) is 62.5 Å². The Bertz CT molecular complexity index is 873. The second-order valence-corrected chi connectivity index (χ2v) is 7.13. The molecule has 0 spiro atoms. The summed E-state index contributed by atoms with van der Waals surface area (Å²) in [6.07, 6.45) is 1.63. The van der Waals surface area contributed by atoms with Crippen molar-refractivity contribution in [1.29, 1.82) is 0 Å². The smallest absolute Gasteiger partial charge is 0.284 e. The number of hydrogen-bond acceptors (Lipinski definition) is 4. The van der Waals surface area contributed by atoms with Gasteiger partial charge in [0.1, 0.15) is 16.5 Å². The lowest BCUT2D eigenvalue weighted by Crippen LogP contribution is -1.90. The Balaban J connectivity index is 1.92. The molecule has 0 bridgehead atoms. The van der Waals surface area contributed by atoms with Crippen molar-refractivity contribution in [2.45, 2.75) is 6.92 Å². The summed E-state index contributed by atoms with van der Waals surface area (Å²) in [5, 5.41) is 10.8. The van der Waals surface area contributed by atoms with E-state index in [1.165, 1.54) is 11.8 Å². The average Bonchev–Trinajstić information content (AvgIpc) is 2.93. The molecule has 1 aliphatic heterocycles. The van der Waals surface area contributed by atoms with Crippen LogP contribution in [-0.4, -0.2) is 23.2 Å². The number of thioether (sulfide) groups is 1. The van der Waals surface area contributed by atoms with Gasteiger partial charge in [0.15, 0.2) is 0 Å². The number of aromatic hydroxyl groups is 1. The van der Waals surface area contributed by atoms with E-state index >= 15 is 0 Å². The highest BCUT2D eigenvalue weighted by atomic mass is 79.9. The number of carbonyl (C=O) groups is 1. The summed E-state index contributed by atoms with van der Waals surface area (Å²) in [4.78, 5) is 16.7. The molecule has 122 valence electrons. The van der Waals surface area contributed by atoms with Crippen molar-refractivity contribution >= 4 is 44.7 Å². The first-order valence-corrected chi connectivity index (χ1v) is 8.75. The van der Waals surface area contributed by atoms with E-state index in [1.54, 1.807) is 25.3 Å². The number of aryl methyl sites for hydroxylation is 1. The molecule has 4 nitrogen and oxygen atoms in total. The van der Waals surface area contributed by atoms with Crippen molar-refractivity contribution in [3.63, 3.8) is 0 Å². The van der Waals surface area contributed by atoms with Gasteiger partial charge in [-0.3, -0.25) is 4.79 Å². The van der Waals surface area contributed by atoms with Crippen LogP contribution in [0.1, 0.15) is 16.7 Å². The molecule has 3 rings (SSSR count). The molecule has 6 heteroatoms. The Morgan fingerprint density at radius 3 is 2.62 bits per heavy atom. The van der Waals surface area contributed by atoms with Crippen LogP contribution in [0.3, 0.4) is 0 Å². The number of amides is 1. The molecule has 0 saturated carbocycles. The second-order valence-electron chi connectivity index (χ2n) is 5.25. The zero-order chi connectivity index (χ0) is 17.3. The van der Waals surface area contributed by atoms with Gasteiger partial charge in [0.2, 0.25) is 0 Å². The fourth-order valence-corrected chi connectivity index (χ4v) is 3.56. The van der Waals surface area contributed by atoms with Crippen LogP contribution in [0, 0.1) is 6.92 Å². The number of carbonyl (C=O) groups excluding carboxylic acids is 1. The zero-order valence-electron chi connectivity index (χ0n) is 13.0. The number of phenolic OH excluding ortho intramolecular Hbond substituents is 1. The van der Waals surface area contributed by atoms with Gasteiger partial charge in [-0.25, -0.2) is 4.99 Å². The van der Waals surface area contributed by atoms with Crippen LogP contribution in [0.25, 0.3) is 6.08 Å². The maximum atomic E-state index is 12.2. The molecule has 0 atom stereocenters. The lowest BCUT2D eigenvalue weighted by atomic mass is 10.1. The molecule has 1 aliphatic rings. The minimum atomic E-state index is -0.311. The minimum Gasteiger partial charge on any atom is -0.506 e. The van der Waals surface area contributed by atoms with E-state index in [9.17, 15) is 9.90 Å².